The van der Waals surface area contributed by atoms with Crippen LogP contribution in [0.15, 0.2) is 53.5 Å². The minimum absolute atomic E-state index is 0. The molecule has 0 saturated heterocycles. The van der Waals surface area contributed by atoms with E-state index in [9.17, 15) is 4.79 Å². The lowest BCUT2D eigenvalue weighted by Gasteiger charge is -2.09. The molecule has 1 amide bonds. The van der Waals surface area contributed by atoms with Gasteiger partial charge in [-0.25, -0.2) is 4.99 Å². The number of carbonyl (C=O) groups is 1. The number of nitrogens with one attached hydrogen (secondary N) is 2. The van der Waals surface area contributed by atoms with E-state index < -0.39 is 0 Å². The van der Waals surface area contributed by atoms with Gasteiger partial charge in [0, 0.05) is 17.3 Å². The number of anilines is 2. The topological polar surface area (TPSA) is 79.5 Å². The minimum Gasteiger partial charge on any atom is -0.370 e. The molecule has 2 rings (SSSR count). The lowest BCUT2D eigenvalue weighted by Crippen LogP contribution is -2.22. The van der Waals surface area contributed by atoms with Gasteiger partial charge in [0.2, 0.25) is 5.91 Å². The number of aryl methyl sites for hydroxylation is 1. The summed E-state index contributed by atoms with van der Waals surface area (Å²) in [7, 11) is 0. The van der Waals surface area contributed by atoms with Crippen LogP contribution in [0, 0.1) is 5.92 Å². The average Bonchev–Trinajstić information content (AvgIpc) is 2.61. The van der Waals surface area contributed by atoms with E-state index in [-0.39, 0.29) is 35.8 Å². The first kappa shape index (κ1) is 22.0. The van der Waals surface area contributed by atoms with Crippen LogP contribution in [0.2, 0.25) is 0 Å². The Bertz CT molecular complexity index is 742. The minimum atomic E-state index is -0.0404. The monoisotopic (exact) mass is 466 g/mol. The molecule has 0 aliphatic carbocycles. The molecule has 0 saturated carbocycles. The third kappa shape index (κ3) is 7.03. The lowest BCUT2D eigenvalue weighted by atomic mass is 10.1. The number of hydrogen-bond donors (Lipinski definition) is 3. The van der Waals surface area contributed by atoms with Gasteiger partial charge in [-0.15, -0.1) is 24.0 Å². The molecule has 26 heavy (non-hydrogen) atoms. The van der Waals surface area contributed by atoms with Crippen LogP contribution >= 0.6 is 24.0 Å². The number of halogens is 1. The zero-order valence-corrected chi connectivity index (χ0v) is 17.8. The molecule has 6 heteroatoms. The molecular weight excluding hydrogens is 439 g/mol. The Kier molecular flexibility index (Phi) is 9.12. The molecule has 0 radical (unpaired) electrons. The van der Waals surface area contributed by atoms with Crippen LogP contribution in [0.25, 0.3) is 0 Å². The van der Waals surface area contributed by atoms with Gasteiger partial charge in [0.25, 0.3) is 0 Å². The summed E-state index contributed by atoms with van der Waals surface area (Å²) in [5.74, 6) is 0.348. The molecule has 0 fully saturated rings. The number of nitrogens with zero attached hydrogens (tertiary/aromatic N) is 1. The standard InChI is InChI=1S/C20H26N4O.HI/c1-4-15-6-5-7-18(12-15)24-20(21)22-13-16-8-10-17(11-9-16)23-19(25)14(2)3;/h5-12,14H,4,13H2,1-3H3,(H,23,25)(H3,21,22,24);1H. The Morgan fingerprint density at radius 2 is 1.73 bits per heavy atom. The maximum atomic E-state index is 11.7. The largest absolute Gasteiger partial charge is 0.370 e. The quantitative estimate of drug-likeness (QED) is 0.336. The molecule has 2 aromatic rings. The Balaban J connectivity index is 0.00000338. The van der Waals surface area contributed by atoms with E-state index in [4.69, 9.17) is 5.73 Å². The van der Waals surface area contributed by atoms with Crippen LogP contribution in [-0.4, -0.2) is 11.9 Å². The van der Waals surface area contributed by atoms with Gasteiger partial charge in [0.1, 0.15) is 0 Å². The van der Waals surface area contributed by atoms with Gasteiger partial charge in [0.15, 0.2) is 5.96 Å². The average molecular weight is 466 g/mol. The molecule has 140 valence electrons. The van der Waals surface area contributed by atoms with Crippen molar-refractivity contribution in [2.24, 2.45) is 16.6 Å². The van der Waals surface area contributed by atoms with Crippen molar-refractivity contribution in [2.45, 2.75) is 33.7 Å². The Morgan fingerprint density at radius 1 is 1.04 bits per heavy atom. The van der Waals surface area contributed by atoms with Crippen molar-refractivity contribution in [1.82, 2.24) is 0 Å². The summed E-state index contributed by atoms with van der Waals surface area (Å²) in [5.41, 5.74) is 9.95. The van der Waals surface area contributed by atoms with Crippen molar-refractivity contribution in [3.05, 3.63) is 59.7 Å². The molecule has 0 spiro atoms. The normalized spacial score (nSPS) is 11.0. The number of benzene rings is 2. The number of rotatable bonds is 6. The van der Waals surface area contributed by atoms with Crippen LogP contribution < -0.4 is 16.4 Å². The van der Waals surface area contributed by atoms with Crippen LogP contribution in [0.4, 0.5) is 11.4 Å². The molecule has 0 heterocycles. The molecule has 0 unspecified atom stereocenters. The van der Waals surface area contributed by atoms with E-state index in [0.717, 1.165) is 23.4 Å². The first-order valence-corrected chi connectivity index (χ1v) is 8.53. The molecule has 0 aliphatic heterocycles. The molecule has 0 atom stereocenters. The summed E-state index contributed by atoms with van der Waals surface area (Å²) in [6.45, 7) is 6.32. The molecule has 0 aliphatic rings. The summed E-state index contributed by atoms with van der Waals surface area (Å²) < 4.78 is 0. The molecule has 2 aromatic carbocycles. The molecular formula is C20H27IN4O. The maximum Gasteiger partial charge on any atom is 0.226 e. The van der Waals surface area contributed by atoms with Crippen molar-refractivity contribution < 1.29 is 4.79 Å². The first-order valence-electron chi connectivity index (χ1n) is 8.53. The van der Waals surface area contributed by atoms with Crippen molar-refractivity contribution in [3.8, 4) is 0 Å². The van der Waals surface area contributed by atoms with E-state index in [1.165, 1.54) is 5.56 Å². The van der Waals surface area contributed by atoms with E-state index in [1.807, 2.05) is 50.2 Å². The summed E-state index contributed by atoms with van der Waals surface area (Å²) in [4.78, 5) is 16.0. The second kappa shape index (κ2) is 10.8. The Labute approximate surface area is 172 Å². The fourth-order valence-electron chi connectivity index (χ4n) is 2.21. The van der Waals surface area contributed by atoms with E-state index in [2.05, 4.69) is 34.7 Å². The highest BCUT2D eigenvalue weighted by Gasteiger charge is 2.06. The summed E-state index contributed by atoms with van der Waals surface area (Å²) >= 11 is 0. The molecule has 5 nitrogen and oxygen atoms in total. The number of guanidine groups is 1. The summed E-state index contributed by atoms with van der Waals surface area (Å²) in [6, 6.07) is 15.7. The third-order valence-corrected chi connectivity index (χ3v) is 3.79. The number of hydrogen-bond acceptors (Lipinski definition) is 2. The van der Waals surface area contributed by atoms with E-state index in [1.54, 1.807) is 0 Å². The van der Waals surface area contributed by atoms with Gasteiger partial charge in [-0.1, -0.05) is 45.0 Å². The number of nitrogens with two attached hydrogens (primary N) is 1. The van der Waals surface area contributed by atoms with Crippen LogP contribution in [-0.2, 0) is 17.8 Å². The van der Waals surface area contributed by atoms with E-state index in [0.29, 0.717) is 12.5 Å². The van der Waals surface area contributed by atoms with Gasteiger partial charge < -0.3 is 16.4 Å². The molecule has 4 N–H and O–H groups in total. The van der Waals surface area contributed by atoms with E-state index >= 15 is 0 Å². The Morgan fingerprint density at radius 3 is 2.35 bits per heavy atom. The van der Waals surface area contributed by atoms with Crippen molar-refractivity contribution in [2.75, 3.05) is 10.6 Å². The third-order valence-electron chi connectivity index (χ3n) is 3.79. The number of carbonyl (C=O) groups excluding carboxylic acids is 1. The summed E-state index contributed by atoms with van der Waals surface area (Å²) in [6.07, 6.45) is 0.978. The maximum absolute atomic E-state index is 11.7. The number of aliphatic imine (C=N–C) groups is 1. The van der Waals surface area contributed by atoms with Crippen LogP contribution in [0.1, 0.15) is 31.9 Å². The summed E-state index contributed by atoms with van der Waals surface area (Å²) in [5, 5.41) is 5.97. The highest BCUT2D eigenvalue weighted by atomic mass is 127. The SMILES string of the molecule is CCc1cccc(NC(N)=NCc2ccc(NC(=O)C(C)C)cc2)c1.I. The van der Waals surface area contributed by atoms with Crippen molar-refractivity contribution >= 4 is 47.2 Å². The number of amides is 1. The lowest BCUT2D eigenvalue weighted by molar-refractivity contribution is -0.118. The van der Waals surface area contributed by atoms with Gasteiger partial charge in [-0.2, -0.15) is 0 Å². The fourth-order valence-corrected chi connectivity index (χ4v) is 2.21. The zero-order valence-electron chi connectivity index (χ0n) is 15.5. The zero-order chi connectivity index (χ0) is 18.2. The highest BCUT2D eigenvalue weighted by Crippen LogP contribution is 2.13. The van der Waals surface area contributed by atoms with Crippen molar-refractivity contribution in [1.29, 1.82) is 0 Å². The molecule has 0 bridgehead atoms. The van der Waals surface area contributed by atoms with Gasteiger partial charge in [-0.3, -0.25) is 4.79 Å². The van der Waals surface area contributed by atoms with Gasteiger partial charge in [-0.05, 0) is 41.8 Å². The fraction of sp³-hybridized carbons (Fsp3) is 0.300. The van der Waals surface area contributed by atoms with Crippen LogP contribution in [0.5, 0.6) is 0 Å². The Hall–Kier alpha value is -2.09. The van der Waals surface area contributed by atoms with Gasteiger partial charge in [0.05, 0.1) is 6.54 Å². The first-order chi connectivity index (χ1) is 12.0. The van der Waals surface area contributed by atoms with Crippen LogP contribution in [0.3, 0.4) is 0 Å². The predicted molar refractivity (Wildman–Crippen MR) is 120 cm³/mol. The van der Waals surface area contributed by atoms with Gasteiger partial charge >= 0.3 is 0 Å². The van der Waals surface area contributed by atoms with Crippen molar-refractivity contribution in [3.63, 3.8) is 0 Å². The second-order valence-corrected chi connectivity index (χ2v) is 6.22. The highest BCUT2D eigenvalue weighted by molar-refractivity contribution is 14.0. The predicted octanol–water partition coefficient (Wildman–Crippen LogP) is 4.39. The molecule has 0 aromatic heterocycles. The second-order valence-electron chi connectivity index (χ2n) is 6.22. The smallest absolute Gasteiger partial charge is 0.226 e.